The van der Waals surface area contributed by atoms with Crippen LogP contribution in [0.3, 0.4) is 0 Å². The summed E-state index contributed by atoms with van der Waals surface area (Å²) in [5.74, 6) is -1.24. The van der Waals surface area contributed by atoms with Gasteiger partial charge < -0.3 is 5.32 Å². The minimum Gasteiger partial charge on any atom is -0.348 e. The predicted octanol–water partition coefficient (Wildman–Crippen LogP) is 6.46. The van der Waals surface area contributed by atoms with Gasteiger partial charge in [0, 0.05) is 17.7 Å². The standard InChI is InChI=1S/C22H14F7NO/c23-19-7-2-1-6-18(19)14-4-3-5-15(10-14)20(31)30-12-13-8-16(21(24,25)26)11-17(9-13)22(27,28)29/h1-11H,12H2,(H,30,31). The van der Waals surface area contributed by atoms with Crippen LogP contribution in [0, 0.1) is 5.82 Å². The zero-order valence-electron chi connectivity index (χ0n) is 15.6. The first-order valence-corrected chi connectivity index (χ1v) is 8.86. The minimum absolute atomic E-state index is 0.0171. The molecule has 3 aromatic carbocycles. The van der Waals surface area contributed by atoms with Gasteiger partial charge in [0.2, 0.25) is 0 Å². The third-order valence-corrected chi connectivity index (χ3v) is 4.41. The van der Waals surface area contributed by atoms with E-state index in [1.165, 1.54) is 36.4 Å². The van der Waals surface area contributed by atoms with E-state index >= 15 is 0 Å². The number of rotatable bonds is 4. The highest BCUT2D eigenvalue weighted by Crippen LogP contribution is 2.36. The molecule has 0 aromatic heterocycles. The van der Waals surface area contributed by atoms with Crippen molar-refractivity contribution in [1.82, 2.24) is 5.32 Å². The number of halogens is 7. The number of carbonyl (C=O) groups excluding carboxylic acids is 1. The Morgan fingerprint density at radius 2 is 1.39 bits per heavy atom. The van der Waals surface area contributed by atoms with Crippen LogP contribution in [-0.2, 0) is 18.9 Å². The molecule has 0 aliphatic carbocycles. The summed E-state index contributed by atoms with van der Waals surface area (Å²) in [4.78, 5) is 12.4. The molecule has 0 atom stereocenters. The number of alkyl halides is 6. The van der Waals surface area contributed by atoms with Crippen molar-refractivity contribution in [2.75, 3.05) is 0 Å². The van der Waals surface area contributed by atoms with Crippen molar-refractivity contribution in [1.29, 1.82) is 0 Å². The number of nitrogens with one attached hydrogen (secondary N) is 1. The fourth-order valence-electron chi connectivity index (χ4n) is 2.93. The second kappa shape index (κ2) is 8.41. The average molecular weight is 441 g/mol. The molecule has 1 amide bonds. The maximum atomic E-state index is 14.0. The van der Waals surface area contributed by atoms with E-state index in [2.05, 4.69) is 5.32 Å². The molecule has 0 aliphatic rings. The van der Waals surface area contributed by atoms with Gasteiger partial charge in [-0.15, -0.1) is 0 Å². The molecule has 0 aliphatic heterocycles. The average Bonchev–Trinajstić information content (AvgIpc) is 2.71. The van der Waals surface area contributed by atoms with E-state index in [1.807, 2.05) is 0 Å². The van der Waals surface area contributed by atoms with Crippen molar-refractivity contribution >= 4 is 5.91 Å². The predicted molar refractivity (Wildman–Crippen MR) is 99.5 cm³/mol. The van der Waals surface area contributed by atoms with E-state index in [4.69, 9.17) is 0 Å². The Morgan fingerprint density at radius 3 is 1.97 bits per heavy atom. The Balaban J connectivity index is 1.83. The largest absolute Gasteiger partial charge is 0.416 e. The van der Waals surface area contributed by atoms with E-state index < -0.39 is 41.7 Å². The lowest BCUT2D eigenvalue weighted by atomic mass is 10.0. The van der Waals surface area contributed by atoms with Gasteiger partial charge in [0.15, 0.2) is 0 Å². The number of hydrogen-bond donors (Lipinski definition) is 1. The van der Waals surface area contributed by atoms with Gasteiger partial charge in [0.1, 0.15) is 5.82 Å². The molecule has 0 radical (unpaired) electrons. The van der Waals surface area contributed by atoms with Gasteiger partial charge in [0.25, 0.3) is 5.91 Å². The van der Waals surface area contributed by atoms with Gasteiger partial charge in [-0.1, -0.05) is 30.3 Å². The zero-order chi connectivity index (χ0) is 22.8. The quantitative estimate of drug-likeness (QED) is 0.463. The summed E-state index contributed by atoms with van der Waals surface area (Å²) in [6.07, 6.45) is -9.96. The summed E-state index contributed by atoms with van der Waals surface area (Å²) in [7, 11) is 0. The minimum atomic E-state index is -4.98. The Morgan fingerprint density at radius 1 is 0.774 bits per heavy atom. The highest BCUT2D eigenvalue weighted by atomic mass is 19.4. The first-order valence-electron chi connectivity index (χ1n) is 8.86. The Labute approximate surface area is 172 Å². The molecule has 3 rings (SSSR count). The zero-order valence-corrected chi connectivity index (χ0v) is 15.6. The fourth-order valence-corrected chi connectivity index (χ4v) is 2.93. The van der Waals surface area contributed by atoms with Crippen LogP contribution >= 0.6 is 0 Å². The van der Waals surface area contributed by atoms with Crippen LogP contribution < -0.4 is 5.32 Å². The van der Waals surface area contributed by atoms with Crippen molar-refractivity contribution in [2.24, 2.45) is 0 Å². The van der Waals surface area contributed by atoms with Crippen LogP contribution in [0.1, 0.15) is 27.0 Å². The third-order valence-electron chi connectivity index (χ3n) is 4.41. The lowest BCUT2D eigenvalue weighted by Crippen LogP contribution is -2.23. The topological polar surface area (TPSA) is 29.1 Å². The van der Waals surface area contributed by atoms with E-state index in [9.17, 15) is 35.5 Å². The molecule has 1 N–H and O–H groups in total. The molecule has 0 heterocycles. The molecule has 0 bridgehead atoms. The lowest BCUT2D eigenvalue weighted by molar-refractivity contribution is -0.143. The van der Waals surface area contributed by atoms with Crippen LogP contribution in [0.15, 0.2) is 66.7 Å². The van der Waals surface area contributed by atoms with Crippen molar-refractivity contribution in [3.8, 4) is 11.1 Å². The first-order chi connectivity index (χ1) is 14.4. The Bertz CT molecular complexity index is 1070. The molecule has 3 aromatic rings. The molecule has 0 spiro atoms. The van der Waals surface area contributed by atoms with Gasteiger partial charge in [-0.25, -0.2) is 4.39 Å². The van der Waals surface area contributed by atoms with E-state index in [1.54, 1.807) is 12.1 Å². The number of hydrogen-bond acceptors (Lipinski definition) is 1. The van der Waals surface area contributed by atoms with Gasteiger partial charge in [-0.3, -0.25) is 4.79 Å². The molecule has 0 saturated heterocycles. The molecule has 0 saturated carbocycles. The first kappa shape index (κ1) is 22.3. The van der Waals surface area contributed by atoms with Gasteiger partial charge >= 0.3 is 12.4 Å². The summed E-state index contributed by atoms with van der Waals surface area (Å²) < 4.78 is 91.7. The van der Waals surface area contributed by atoms with Crippen LogP contribution in [0.25, 0.3) is 11.1 Å². The van der Waals surface area contributed by atoms with Crippen LogP contribution in [0.2, 0.25) is 0 Å². The van der Waals surface area contributed by atoms with Crippen molar-refractivity contribution in [3.63, 3.8) is 0 Å². The number of carbonyl (C=O) groups is 1. The highest BCUT2D eigenvalue weighted by molar-refractivity contribution is 5.95. The number of benzene rings is 3. The maximum absolute atomic E-state index is 14.0. The van der Waals surface area contributed by atoms with Crippen molar-refractivity contribution in [2.45, 2.75) is 18.9 Å². The SMILES string of the molecule is O=C(NCc1cc(C(F)(F)F)cc(C(F)(F)F)c1)c1cccc(-c2ccccc2F)c1. The van der Waals surface area contributed by atoms with Crippen LogP contribution in [0.5, 0.6) is 0 Å². The summed E-state index contributed by atoms with van der Waals surface area (Å²) in [6.45, 7) is -0.560. The molecule has 162 valence electrons. The summed E-state index contributed by atoms with van der Waals surface area (Å²) >= 11 is 0. The molecule has 0 fully saturated rings. The summed E-state index contributed by atoms with van der Waals surface area (Å²) in [5, 5.41) is 2.30. The second-order valence-electron chi connectivity index (χ2n) is 6.66. The molecule has 31 heavy (non-hydrogen) atoms. The molecular formula is C22H14F7NO. The van der Waals surface area contributed by atoms with Gasteiger partial charge in [-0.2, -0.15) is 26.3 Å². The van der Waals surface area contributed by atoms with E-state index in [0.717, 1.165) is 0 Å². The van der Waals surface area contributed by atoms with Gasteiger partial charge in [-0.05, 0) is 47.5 Å². The highest BCUT2D eigenvalue weighted by Gasteiger charge is 2.36. The van der Waals surface area contributed by atoms with Crippen molar-refractivity contribution < 1.29 is 35.5 Å². The Hall–Kier alpha value is -3.36. The van der Waals surface area contributed by atoms with Crippen LogP contribution in [0.4, 0.5) is 30.7 Å². The Kier molecular flexibility index (Phi) is 6.06. The van der Waals surface area contributed by atoms with Crippen molar-refractivity contribution in [3.05, 3.63) is 94.8 Å². The van der Waals surface area contributed by atoms with E-state index in [-0.39, 0.29) is 22.8 Å². The summed E-state index contributed by atoms with van der Waals surface area (Å²) in [5.41, 5.74) is -2.58. The van der Waals surface area contributed by atoms with Gasteiger partial charge in [0.05, 0.1) is 11.1 Å². The summed E-state index contributed by atoms with van der Waals surface area (Å²) in [6, 6.07) is 12.8. The lowest BCUT2D eigenvalue weighted by Gasteiger charge is -2.14. The molecule has 9 heteroatoms. The second-order valence-corrected chi connectivity index (χ2v) is 6.66. The molecule has 2 nitrogen and oxygen atoms in total. The normalized spacial score (nSPS) is 12.0. The maximum Gasteiger partial charge on any atom is 0.416 e. The molecule has 0 unspecified atom stereocenters. The molecular weight excluding hydrogens is 427 g/mol. The smallest absolute Gasteiger partial charge is 0.348 e. The number of amides is 1. The monoisotopic (exact) mass is 441 g/mol. The van der Waals surface area contributed by atoms with Crippen LogP contribution in [-0.4, -0.2) is 5.91 Å². The van der Waals surface area contributed by atoms with E-state index in [0.29, 0.717) is 17.7 Å². The fraction of sp³-hybridized carbons (Fsp3) is 0.136. The third kappa shape index (κ3) is 5.42.